The van der Waals surface area contributed by atoms with Crippen LogP contribution >= 0.6 is 0 Å². The van der Waals surface area contributed by atoms with Gasteiger partial charge in [-0.25, -0.2) is 4.68 Å². The molecule has 1 aliphatic rings. The average Bonchev–Trinajstić information content (AvgIpc) is 2.95. The van der Waals surface area contributed by atoms with Gasteiger partial charge >= 0.3 is 0 Å². The Morgan fingerprint density at radius 1 is 1.75 bits per heavy atom. The minimum absolute atomic E-state index is 0.0203. The Morgan fingerprint density at radius 2 is 2.50 bits per heavy atom. The Hall–Kier alpha value is -1.43. The van der Waals surface area contributed by atoms with Crippen molar-refractivity contribution in [3.63, 3.8) is 0 Å². The summed E-state index contributed by atoms with van der Waals surface area (Å²) < 4.78 is 1.51. The van der Waals surface area contributed by atoms with Gasteiger partial charge < -0.3 is 11.1 Å². The van der Waals surface area contributed by atoms with E-state index in [4.69, 9.17) is 5.73 Å². The Labute approximate surface area is 94.2 Å². The number of amides is 1. The topological polar surface area (TPSA) is 85.8 Å². The molecule has 16 heavy (non-hydrogen) atoms. The van der Waals surface area contributed by atoms with Crippen molar-refractivity contribution in [3.8, 4) is 0 Å². The number of hydrogen-bond donors (Lipinski definition) is 2. The SMILES string of the molecule is CC(N)c1cn(CC(=O)NCC2CC2)nn1. The van der Waals surface area contributed by atoms with Crippen LogP contribution in [0.25, 0.3) is 0 Å². The molecule has 1 atom stereocenters. The molecule has 1 aliphatic carbocycles. The third kappa shape index (κ3) is 3.03. The largest absolute Gasteiger partial charge is 0.354 e. The number of aromatic nitrogens is 3. The molecule has 3 N–H and O–H groups in total. The zero-order valence-electron chi connectivity index (χ0n) is 9.39. The van der Waals surface area contributed by atoms with Crippen molar-refractivity contribution < 1.29 is 4.79 Å². The summed E-state index contributed by atoms with van der Waals surface area (Å²) in [6.45, 7) is 2.83. The van der Waals surface area contributed by atoms with Gasteiger partial charge in [0, 0.05) is 12.6 Å². The van der Waals surface area contributed by atoms with Crippen LogP contribution in [0.1, 0.15) is 31.5 Å². The van der Waals surface area contributed by atoms with E-state index in [2.05, 4.69) is 15.6 Å². The molecular formula is C10H17N5O. The lowest BCUT2D eigenvalue weighted by Gasteiger charge is -2.03. The molecule has 6 nitrogen and oxygen atoms in total. The first-order valence-corrected chi connectivity index (χ1v) is 5.57. The van der Waals surface area contributed by atoms with Crippen LogP contribution in [0.15, 0.2) is 6.20 Å². The van der Waals surface area contributed by atoms with Gasteiger partial charge in [0.2, 0.25) is 5.91 Å². The lowest BCUT2D eigenvalue weighted by molar-refractivity contribution is -0.121. The monoisotopic (exact) mass is 223 g/mol. The van der Waals surface area contributed by atoms with E-state index in [1.165, 1.54) is 17.5 Å². The first-order chi connectivity index (χ1) is 7.65. The predicted molar refractivity (Wildman–Crippen MR) is 58.4 cm³/mol. The Morgan fingerprint density at radius 3 is 3.06 bits per heavy atom. The highest BCUT2D eigenvalue weighted by atomic mass is 16.2. The molecule has 0 bridgehead atoms. The molecule has 0 aromatic carbocycles. The summed E-state index contributed by atoms with van der Waals surface area (Å²) in [5.74, 6) is 0.673. The van der Waals surface area contributed by atoms with Gasteiger partial charge in [-0.2, -0.15) is 0 Å². The van der Waals surface area contributed by atoms with Crippen LogP contribution in [0.4, 0.5) is 0 Å². The maximum Gasteiger partial charge on any atom is 0.241 e. The van der Waals surface area contributed by atoms with E-state index in [9.17, 15) is 4.79 Å². The van der Waals surface area contributed by atoms with Crippen LogP contribution in [-0.2, 0) is 11.3 Å². The predicted octanol–water partition coefficient (Wildman–Crippen LogP) is -0.176. The summed E-state index contributed by atoms with van der Waals surface area (Å²) in [6, 6.07) is -0.150. The third-order valence-electron chi connectivity index (χ3n) is 2.61. The standard InChI is InChI=1S/C10H17N5O/c1-7(11)9-5-15(14-13-9)6-10(16)12-4-8-2-3-8/h5,7-8H,2-4,6,11H2,1H3,(H,12,16). The average molecular weight is 223 g/mol. The smallest absolute Gasteiger partial charge is 0.241 e. The molecule has 88 valence electrons. The van der Waals surface area contributed by atoms with Gasteiger partial charge in [0.05, 0.1) is 11.9 Å². The second-order valence-electron chi connectivity index (χ2n) is 4.38. The second-order valence-corrected chi connectivity index (χ2v) is 4.38. The van der Waals surface area contributed by atoms with Crippen molar-refractivity contribution in [1.82, 2.24) is 20.3 Å². The minimum Gasteiger partial charge on any atom is -0.354 e. The van der Waals surface area contributed by atoms with E-state index in [1.54, 1.807) is 6.20 Å². The van der Waals surface area contributed by atoms with Crippen molar-refractivity contribution >= 4 is 5.91 Å². The second kappa shape index (κ2) is 4.61. The number of carbonyl (C=O) groups excluding carboxylic acids is 1. The number of rotatable bonds is 5. The lowest BCUT2D eigenvalue weighted by Crippen LogP contribution is -2.29. The Kier molecular flexibility index (Phi) is 3.19. The van der Waals surface area contributed by atoms with Crippen LogP contribution in [0, 0.1) is 5.92 Å². The maximum absolute atomic E-state index is 11.5. The van der Waals surface area contributed by atoms with Crippen molar-refractivity contribution in [3.05, 3.63) is 11.9 Å². The molecule has 0 saturated heterocycles. The van der Waals surface area contributed by atoms with E-state index < -0.39 is 0 Å². The molecule has 1 amide bonds. The normalized spacial score (nSPS) is 17.1. The Bertz CT molecular complexity index is 369. The van der Waals surface area contributed by atoms with Crippen molar-refractivity contribution in [1.29, 1.82) is 0 Å². The molecule has 1 aromatic heterocycles. The molecule has 1 heterocycles. The number of nitrogens with one attached hydrogen (secondary N) is 1. The summed E-state index contributed by atoms with van der Waals surface area (Å²) in [5, 5.41) is 10.6. The summed E-state index contributed by atoms with van der Waals surface area (Å²) >= 11 is 0. The molecule has 1 saturated carbocycles. The fraction of sp³-hybridized carbons (Fsp3) is 0.700. The van der Waals surface area contributed by atoms with E-state index in [0.717, 1.165) is 6.54 Å². The lowest BCUT2D eigenvalue weighted by atomic mass is 10.3. The summed E-state index contributed by atoms with van der Waals surface area (Å²) in [7, 11) is 0. The van der Waals surface area contributed by atoms with Crippen molar-refractivity contribution in [2.24, 2.45) is 11.7 Å². The van der Waals surface area contributed by atoms with Crippen molar-refractivity contribution in [2.75, 3.05) is 6.54 Å². The van der Waals surface area contributed by atoms with Crippen molar-refractivity contribution in [2.45, 2.75) is 32.4 Å². The first-order valence-electron chi connectivity index (χ1n) is 5.57. The van der Waals surface area contributed by atoms with E-state index in [-0.39, 0.29) is 18.5 Å². The van der Waals surface area contributed by atoms with Crippen LogP contribution in [0.2, 0.25) is 0 Å². The van der Waals surface area contributed by atoms with Gasteiger partial charge in [0.15, 0.2) is 0 Å². The van der Waals surface area contributed by atoms with Gasteiger partial charge in [0.1, 0.15) is 6.54 Å². The number of hydrogen-bond acceptors (Lipinski definition) is 4. The fourth-order valence-corrected chi connectivity index (χ4v) is 1.38. The van der Waals surface area contributed by atoms with Gasteiger partial charge in [-0.1, -0.05) is 5.21 Å². The summed E-state index contributed by atoms with van der Waals surface area (Å²) in [4.78, 5) is 11.5. The fourth-order valence-electron chi connectivity index (χ4n) is 1.38. The van der Waals surface area contributed by atoms with E-state index in [1.807, 2.05) is 6.92 Å². The van der Waals surface area contributed by atoms with E-state index in [0.29, 0.717) is 11.6 Å². The molecule has 1 aromatic rings. The minimum atomic E-state index is -0.150. The highest BCUT2D eigenvalue weighted by Crippen LogP contribution is 2.27. The molecule has 0 radical (unpaired) electrons. The van der Waals surface area contributed by atoms with Crippen LogP contribution in [0.3, 0.4) is 0 Å². The number of nitrogens with two attached hydrogens (primary N) is 1. The summed E-state index contributed by atoms with van der Waals surface area (Å²) in [6.07, 6.45) is 4.18. The number of carbonyl (C=O) groups is 1. The highest BCUT2D eigenvalue weighted by molar-refractivity contribution is 5.75. The molecule has 0 spiro atoms. The van der Waals surface area contributed by atoms with Crippen LogP contribution in [-0.4, -0.2) is 27.4 Å². The van der Waals surface area contributed by atoms with Gasteiger partial charge in [-0.15, -0.1) is 5.10 Å². The molecule has 1 unspecified atom stereocenters. The zero-order chi connectivity index (χ0) is 11.5. The zero-order valence-corrected chi connectivity index (χ0v) is 9.39. The van der Waals surface area contributed by atoms with Gasteiger partial charge in [-0.05, 0) is 25.7 Å². The third-order valence-corrected chi connectivity index (χ3v) is 2.61. The summed E-state index contributed by atoms with van der Waals surface area (Å²) in [5.41, 5.74) is 6.35. The van der Waals surface area contributed by atoms with Gasteiger partial charge in [0.25, 0.3) is 0 Å². The Balaban J connectivity index is 1.79. The quantitative estimate of drug-likeness (QED) is 0.725. The van der Waals surface area contributed by atoms with E-state index >= 15 is 0 Å². The highest BCUT2D eigenvalue weighted by Gasteiger charge is 2.21. The first kappa shape index (κ1) is 11.1. The molecule has 0 aliphatic heterocycles. The van der Waals surface area contributed by atoms with Gasteiger partial charge in [-0.3, -0.25) is 4.79 Å². The molecule has 6 heteroatoms. The number of nitrogens with zero attached hydrogens (tertiary/aromatic N) is 3. The molecular weight excluding hydrogens is 206 g/mol. The maximum atomic E-state index is 11.5. The molecule has 1 fully saturated rings. The van der Waals surface area contributed by atoms with Crippen LogP contribution < -0.4 is 11.1 Å². The molecule has 2 rings (SSSR count). The van der Waals surface area contributed by atoms with Crippen LogP contribution in [0.5, 0.6) is 0 Å².